The maximum absolute atomic E-state index is 5.27. The maximum Gasteiger partial charge on any atom is 0.118 e. The molecule has 0 aliphatic carbocycles. The fourth-order valence-corrected chi connectivity index (χ4v) is 3.69. The van der Waals surface area contributed by atoms with Crippen molar-refractivity contribution in [3.63, 3.8) is 0 Å². The zero-order valence-corrected chi connectivity index (χ0v) is 14.7. The van der Waals surface area contributed by atoms with E-state index in [2.05, 4.69) is 47.8 Å². The third-order valence-electron chi connectivity index (χ3n) is 5.07. The molecule has 0 radical (unpaired) electrons. The van der Waals surface area contributed by atoms with Gasteiger partial charge >= 0.3 is 0 Å². The number of ether oxygens (including phenoxy) is 1. The minimum absolute atomic E-state index is 0.572. The lowest BCUT2D eigenvalue weighted by molar-refractivity contribution is 0.400. The molecule has 3 nitrogen and oxygen atoms in total. The third kappa shape index (κ3) is 3.52. The lowest BCUT2D eigenvalue weighted by atomic mass is 9.94. The molecular weight excluding hydrogens is 308 g/mol. The summed E-state index contributed by atoms with van der Waals surface area (Å²) in [6.07, 6.45) is 4.94. The highest BCUT2D eigenvalue weighted by Gasteiger charge is 2.16. The number of methoxy groups -OCH3 is 1. The van der Waals surface area contributed by atoms with Gasteiger partial charge in [-0.05, 0) is 67.8 Å². The molecule has 2 heterocycles. The van der Waals surface area contributed by atoms with Crippen LogP contribution in [0.2, 0.25) is 0 Å². The van der Waals surface area contributed by atoms with Crippen LogP contribution in [0.1, 0.15) is 24.8 Å². The highest BCUT2D eigenvalue weighted by atomic mass is 16.5. The van der Waals surface area contributed by atoms with E-state index in [9.17, 15) is 0 Å². The molecule has 1 aliphatic heterocycles. The standard InChI is InChI=1S/C22H24N2O/c1-25-19-11-9-16(10-12-19)22-15-17(14-18-6-4-5-13-23-18)20-7-2-3-8-21(20)24-22/h2-3,7-12,15,18,23H,4-6,13-14H2,1H3. The zero-order valence-electron chi connectivity index (χ0n) is 14.7. The number of benzene rings is 2. The lowest BCUT2D eigenvalue weighted by Crippen LogP contribution is -2.35. The average molecular weight is 332 g/mol. The van der Waals surface area contributed by atoms with Crippen LogP contribution in [0.25, 0.3) is 22.2 Å². The summed E-state index contributed by atoms with van der Waals surface area (Å²) in [4.78, 5) is 4.89. The molecule has 0 amide bonds. The van der Waals surface area contributed by atoms with E-state index in [1.54, 1.807) is 7.11 Å². The number of hydrogen-bond donors (Lipinski definition) is 1. The Labute approximate surface area is 149 Å². The number of nitrogens with one attached hydrogen (secondary N) is 1. The van der Waals surface area contributed by atoms with E-state index in [0.29, 0.717) is 6.04 Å². The number of nitrogens with zero attached hydrogens (tertiary/aromatic N) is 1. The third-order valence-corrected chi connectivity index (χ3v) is 5.07. The van der Waals surface area contributed by atoms with Crippen molar-refractivity contribution in [2.45, 2.75) is 31.7 Å². The van der Waals surface area contributed by atoms with Gasteiger partial charge in [0.15, 0.2) is 0 Å². The van der Waals surface area contributed by atoms with E-state index >= 15 is 0 Å². The Balaban J connectivity index is 1.74. The largest absolute Gasteiger partial charge is 0.497 e. The van der Waals surface area contributed by atoms with Gasteiger partial charge in [-0.2, -0.15) is 0 Å². The van der Waals surface area contributed by atoms with Crippen molar-refractivity contribution in [2.24, 2.45) is 0 Å². The molecule has 1 N–H and O–H groups in total. The van der Waals surface area contributed by atoms with E-state index in [1.807, 2.05) is 12.1 Å². The first-order valence-electron chi connectivity index (χ1n) is 9.10. The second kappa shape index (κ2) is 7.24. The Morgan fingerprint density at radius 2 is 1.92 bits per heavy atom. The lowest BCUT2D eigenvalue weighted by Gasteiger charge is -2.24. The number of para-hydroxylation sites is 1. The number of rotatable bonds is 4. The van der Waals surface area contributed by atoms with Crippen molar-refractivity contribution in [3.05, 3.63) is 60.2 Å². The smallest absolute Gasteiger partial charge is 0.118 e. The van der Waals surface area contributed by atoms with Crippen LogP contribution >= 0.6 is 0 Å². The van der Waals surface area contributed by atoms with Gasteiger partial charge in [0.2, 0.25) is 0 Å². The van der Waals surface area contributed by atoms with Gasteiger partial charge in [0.1, 0.15) is 5.75 Å². The average Bonchev–Trinajstić information content (AvgIpc) is 2.69. The Morgan fingerprint density at radius 3 is 2.68 bits per heavy atom. The molecular formula is C22H24N2O. The summed E-state index contributed by atoms with van der Waals surface area (Å²) >= 11 is 0. The van der Waals surface area contributed by atoms with Gasteiger partial charge in [-0.3, -0.25) is 0 Å². The van der Waals surface area contributed by atoms with Crippen LogP contribution in [-0.2, 0) is 6.42 Å². The predicted octanol–water partition coefficient (Wildman–Crippen LogP) is 4.60. The summed E-state index contributed by atoms with van der Waals surface area (Å²) in [5, 5.41) is 4.94. The zero-order chi connectivity index (χ0) is 17.1. The molecule has 1 atom stereocenters. The first kappa shape index (κ1) is 16.1. The fraction of sp³-hybridized carbons (Fsp3) is 0.318. The normalized spacial score (nSPS) is 17.6. The van der Waals surface area contributed by atoms with Crippen LogP contribution < -0.4 is 10.1 Å². The van der Waals surface area contributed by atoms with E-state index in [1.165, 1.54) is 30.2 Å². The van der Waals surface area contributed by atoms with Crippen molar-refractivity contribution in [1.82, 2.24) is 10.3 Å². The van der Waals surface area contributed by atoms with Crippen LogP contribution in [0.5, 0.6) is 5.75 Å². The van der Waals surface area contributed by atoms with Crippen molar-refractivity contribution < 1.29 is 4.74 Å². The van der Waals surface area contributed by atoms with Gasteiger partial charge < -0.3 is 10.1 Å². The molecule has 1 saturated heterocycles. The Bertz CT molecular complexity index is 852. The first-order valence-corrected chi connectivity index (χ1v) is 9.10. The summed E-state index contributed by atoms with van der Waals surface area (Å²) in [6, 6.07) is 19.5. The second-order valence-electron chi connectivity index (χ2n) is 6.76. The van der Waals surface area contributed by atoms with Crippen LogP contribution in [0.4, 0.5) is 0 Å². The Morgan fingerprint density at radius 1 is 1.08 bits per heavy atom. The van der Waals surface area contributed by atoms with Crippen molar-refractivity contribution in [1.29, 1.82) is 0 Å². The van der Waals surface area contributed by atoms with Gasteiger partial charge in [-0.15, -0.1) is 0 Å². The maximum atomic E-state index is 5.27. The van der Waals surface area contributed by atoms with E-state index in [0.717, 1.165) is 35.5 Å². The highest BCUT2D eigenvalue weighted by Crippen LogP contribution is 2.27. The molecule has 25 heavy (non-hydrogen) atoms. The van der Waals surface area contributed by atoms with Crippen molar-refractivity contribution >= 4 is 10.9 Å². The molecule has 1 aromatic heterocycles. The van der Waals surface area contributed by atoms with Crippen LogP contribution in [0.15, 0.2) is 54.6 Å². The summed E-state index contributed by atoms with van der Waals surface area (Å²) in [5.74, 6) is 0.871. The molecule has 4 rings (SSSR count). The van der Waals surface area contributed by atoms with Crippen LogP contribution in [0.3, 0.4) is 0 Å². The molecule has 0 saturated carbocycles. The van der Waals surface area contributed by atoms with E-state index < -0.39 is 0 Å². The topological polar surface area (TPSA) is 34.1 Å². The molecule has 1 fully saturated rings. The number of piperidine rings is 1. The van der Waals surface area contributed by atoms with Crippen molar-refractivity contribution in [2.75, 3.05) is 13.7 Å². The minimum atomic E-state index is 0.572. The fourth-order valence-electron chi connectivity index (χ4n) is 3.69. The molecule has 3 heteroatoms. The second-order valence-corrected chi connectivity index (χ2v) is 6.76. The first-order chi connectivity index (χ1) is 12.3. The van der Waals surface area contributed by atoms with E-state index in [-0.39, 0.29) is 0 Å². The van der Waals surface area contributed by atoms with Gasteiger partial charge in [-0.1, -0.05) is 24.6 Å². The molecule has 0 spiro atoms. The summed E-state index contributed by atoms with van der Waals surface area (Å²) in [5.41, 5.74) is 4.62. The molecule has 0 bridgehead atoms. The minimum Gasteiger partial charge on any atom is -0.497 e. The molecule has 2 aromatic carbocycles. The molecule has 128 valence electrons. The summed E-state index contributed by atoms with van der Waals surface area (Å²) < 4.78 is 5.27. The molecule has 1 aliphatic rings. The SMILES string of the molecule is COc1ccc(-c2cc(CC3CCCCN3)c3ccccc3n2)cc1. The highest BCUT2D eigenvalue weighted by molar-refractivity contribution is 5.85. The van der Waals surface area contributed by atoms with Gasteiger partial charge in [-0.25, -0.2) is 4.98 Å². The Kier molecular flexibility index (Phi) is 4.66. The van der Waals surface area contributed by atoms with Gasteiger partial charge in [0.05, 0.1) is 18.3 Å². The monoisotopic (exact) mass is 332 g/mol. The summed E-state index contributed by atoms with van der Waals surface area (Å²) in [6.45, 7) is 1.14. The summed E-state index contributed by atoms with van der Waals surface area (Å²) in [7, 11) is 1.69. The van der Waals surface area contributed by atoms with E-state index in [4.69, 9.17) is 9.72 Å². The van der Waals surface area contributed by atoms with Crippen LogP contribution in [-0.4, -0.2) is 24.7 Å². The van der Waals surface area contributed by atoms with Crippen LogP contribution in [0, 0.1) is 0 Å². The molecule has 1 unspecified atom stereocenters. The Hall–Kier alpha value is -2.39. The van der Waals surface area contributed by atoms with Gasteiger partial charge in [0.25, 0.3) is 0 Å². The number of aromatic nitrogens is 1. The quantitative estimate of drug-likeness (QED) is 0.758. The molecule has 3 aromatic rings. The number of fused-ring (bicyclic) bond motifs is 1. The van der Waals surface area contributed by atoms with Crippen molar-refractivity contribution in [3.8, 4) is 17.0 Å². The predicted molar refractivity (Wildman–Crippen MR) is 103 cm³/mol. The number of pyridine rings is 1. The van der Waals surface area contributed by atoms with Gasteiger partial charge in [0, 0.05) is 17.0 Å². The number of hydrogen-bond acceptors (Lipinski definition) is 3.